The number of aryl methyl sites for hydroxylation is 1. The predicted molar refractivity (Wildman–Crippen MR) is 157 cm³/mol. The van der Waals surface area contributed by atoms with E-state index in [0.717, 1.165) is 28.9 Å². The molecule has 0 saturated carbocycles. The average Bonchev–Trinajstić information content (AvgIpc) is 3.45. The first kappa shape index (κ1) is 32.9. The van der Waals surface area contributed by atoms with Gasteiger partial charge in [-0.25, -0.2) is 14.1 Å². The number of thiazole rings is 1. The summed E-state index contributed by atoms with van der Waals surface area (Å²) in [6.45, 7) is -0.141. The van der Waals surface area contributed by atoms with Crippen LogP contribution in [-0.4, -0.2) is 86.7 Å². The van der Waals surface area contributed by atoms with Crippen molar-refractivity contribution in [3.63, 3.8) is 0 Å². The Labute approximate surface area is 249 Å². The highest BCUT2D eigenvalue weighted by Gasteiger charge is 2.26. The summed E-state index contributed by atoms with van der Waals surface area (Å²) in [5.41, 5.74) is 2.06. The summed E-state index contributed by atoms with van der Waals surface area (Å²) in [5, 5.41) is 10.9. The average molecular weight is 623 g/mol. The van der Waals surface area contributed by atoms with Crippen LogP contribution in [0.3, 0.4) is 0 Å². The lowest BCUT2D eigenvalue weighted by Gasteiger charge is -2.23. The number of aliphatic hydroxyl groups excluding tert-OH is 1. The Kier molecular flexibility index (Phi) is 12.2. The lowest BCUT2D eigenvalue weighted by atomic mass is 10.1. The fourth-order valence-corrected chi connectivity index (χ4v) is 6.09. The van der Waals surface area contributed by atoms with Crippen LogP contribution >= 0.6 is 11.3 Å². The number of alkyl halides is 1. The van der Waals surface area contributed by atoms with E-state index in [4.69, 9.17) is 14.6 Å². The first-order valence-electron chi connectivity index (χ1n) is 13.1. The van der Waals surface area contributed by atoms with Crippen LogP contribution in [0.25, 0.3) is 0 Å². The van der Waals surface area contributed by atoms with Crippen molar-refractivity contribution < 1.29 is 37.0 Å². The Bertz CT molecular complexity index is 1420. The van der Waals surface area contributed by atoms with E-state index in [2.05, 4.69) is 4.98 Å². The summed E-state index contributed by atoms with van der Waals surface area (Å²) in [6.07, 6.45) is 1.39. The number of carbonyl (C=O) groups is 2. The third-order valence-corrected chi connectivity index (χ3v) is 8.70. The molecule has 0 unspecified atom stereocenters. The lowest BCUT2D eigenvalue weighted by molar-refractivity contribution is 0.0740. The minimum absolute atomic E-state index is 0.0648. The molecule has 1 aromatic heterocycles. The maximum absolute atomic E-state index is 13.7. The molecule has 228 valence electrons. The quantitative estimate of drug-likeness (QED) is 0.249. The van der Waals surface area contributed by atoms with Crippen LogP contribution < -0.4 is 14.2 Å². The van der Waals surface area contributed by atoms with Gasteiger partial charge >= 0.3 is 10.2 Å². The Morgan fingerprint density at radius 1 is 1.07 bits per heavy atom. The smallest absolute Gasteiger partial charge is 0.304 e. The minimum Gasteiger partial charge on any atom is -0.496 e. The number of methoxy groups -OCH3 is 2. The summed E-state index contributed by atoms with van der Waals surface area (Å²) >= 11 is 1.10. The van der Waals surface area contributed by atoms with Gasteiger partial charge in [0.05, 0.1) is 27.4 Å². The number of rotatable bonds is 16. The Balaban J connectivity index is 1.82. The zero-order chi connectivity index (χ0) is 30.7. The molecule has 2 aromatic carbocycles. The maximum Gasteiger partial charge on any atom is 0.304 e. The van der Waals surface area contributed by atoms with E-state index < -0.39 is 35.9 Å². The molecule has 0 bridgehead atoms. The number of nitrogens with zero attached hydrogens (tertiary/aromatic N) is 3. The SMILES string of the molecule is COc1cc(C(=O)N(CCCc2ccccc2)Cc2nc(C(=O)NS(=O)(=O)N(CCO)CCF)cs2)cc(OC)c1C. The number of hydrogen-bond acceptors (Lipinski definition) is 9. The zero-order valence-corrected chi connectivity index (χ0v) is 25.3. The van der Waals surface area contributed by atoms with Gasteiger partial charge in [-0.1, -0.05) is 30.3 Å². The molecule has 0 fully saturated rings. The van der Waals surface area contributed by atoms with Gasteiger partial charge in [-0.05, 0) is 37.5 Å². The molecule has 0 saturated heterocycles. The molecule has 0 aliphatic heterocycles. The highest BCUT2D eigenvalue weighted by Crippen LogP contribution is 2.30. The third kappa shape index (κ3) is 8.71. The molecule has 0 radical (unpaired) electrons. The van der Waals surface area contributed by atoms with Gasteiger partial charge in [-0.3, -0.25) is 9.59 Å². The van der Waals surface area contributed by atoms with Gasteiger partial charge < -0.3 is 19.5 Å². The van der Waals surface area contributed by atoms with Crippen LogP contribution in [0.5, 0.6) is 11.5 Å². The Morgan fingerprint density at radius 3 is 2.33 bits per heavy atom. The minimum atomic E-state index is -4.40. The number of nitrogens with one attached hydrogen (secondary N) is 1. The molecule has 0 spiro atoms. The number of aromatic nitrogens is 1. The molecule has 11 nitrogen and oxygen atoms in total. The van der Waals surface area contributed by atoms with Crippen molar-refractivity contribution in [3.05, 3.63) is 75.2 Å². The molecule has 2 N–H and O–H groups in total. The van der Waals surface area contributed by atoms with Gasteiger partial charge in [0.15, 0.2) is 0 Å². The molecular weight excluding hydrogens is 587 g/mol. The van der Waals surface area contributed by atoms with Crippen molar-refractivity contribution in [2.24, 2.45) is 0 Å². The molecule has 42 heavy (non-hydrogen) atoms. The molecule has 1 heterocycles. The summed E-state index contributed by atoms with van der Waals surface area (Å²) in [6, 6.07) is 13.1. The van der Waals surface area contributed by atoms with Gasteiger partial charge in [-0.15, -0.1) is 11.3 Å². The largest absolute Gasteiger partial charge is 0.496 e. The molecule has 0 aliphatic carbocycles. The van der Waals surface area contributed by atoms with Crippen LogP contribution in [0, 0.1) is 6.92 Å². The lowest BCUT2D eigenvalue weighted by Crippen LogP contribution is -2.45. The van der Waals surface area contributed by atoms with Gasteiger partial charge in [0.2, 0.25) is 0 Å². The summed E-state index contributed by atoms with van der Waals surface area (Å²) in [5.74, 6) is -0.303. The summed E-state index contributed by atoms with van der Waals surface area (Å²) in [7, 11) is -1.38. The normalized spacial score (nSPS) is 11.4. The van der Waals surface area contributed by atoms with Crippen molar-refractivity contribution in [1.82, 2.24) is 18.9 Å². The number of amides is 2. The van der Waals surface area contributed by atoms with Crippen molar-refractivity contribution >= 4 is 33.4 Å². The number of ether oxygens (including phenoxy) is 2. The standard InChI is InChI=1S/C28H35FN4O7S2/c1-20-24(39-2)16-22(17-25(20)40-3)28(36)32(12-7-10-21-8-5-4-6-9-21)18-26-30-23(19-41-26)27(35)31-42(37,38)33(13-11-29)14-15-34/h4-6,8-9,16-17,19,34H,7,10-15,18H2,1-3H3,(H,31,35). The van der Waals surface area contributed by atoms with Gasteiger partial charge in [-0.2, -0.15) is 12.7 Å². The summed E-state index contributed by atoms with van der Waals surface area (Å²) in [4.78, 5) is 32.3. The molecule has 0 atom stereocenters. The van der Waals surface area contributed by atoms with Crippen molar-refractivity contribution in [3.8, 4) is 11.5 Å². The zero-order valence-electron chi connectivity index (χ0n) is 23.7. The maximum atomic E-state index is 13.7. The fourth-order valence-electron chi connectivity index (χ4n) is 4.21. The third-order valence-electron chi connectivity index (χ3n) is 6.38. The van der Waals surface area contributed by atoms with Crippen LogP contribution in [0.15, 0.2) is 47.8 Å². The molecule has 3 aromatic rings. The van der Waals surface area contributed by atoms with E-state index in [-0.39, 0.29) is 24.7 Å². The first-order valence-corrected chi connectivity index (χ1v) is 15.4. The second kappa shape index (κ2) is 15.6. The highest BCUT2D eigenvalue weighted by atomic mass is 32.2. The van der Waals surface area contributed by atoms with Gasteiger partial charge in [0.1, 0.15) is 28.9 Å². The van der Waals surface area contributed by atoms with E-state index in [1.807, 2.05) is 42.0 Å². The molecular formula is C28H35FN4O7S2. The van der Waals surface area contributed by atoms with Crippen LogP contribution in [0.4, 0.5) is 4.39 Å². The number of carbonyl (C=O) groups excluding carboxylic acids is 2. The number of benzene rings is 2. The summed E-state index contributed by atoms with van der Waals surface area (Å²) < 4.78 is 51.2. The van der Waals surface area contributed by atoms with Crippen molar-refractivity contribution in [1.29, 1.82) is 0 Å². The Morgan fingerprint density at radius 2 is 1.74 bits per heavy atom. The molecule has 2 amide bonds. The van der Waals surface area contributed by atoms with E-state index in [1.165, 1.54) is 19.6 Å². The van der Waals surface area contributed by atoms with E-state index >= 15 is 0 Å². The molecule has 3 rings (SSSR count). The van der Waals surface area contributed by atoms with Crippen molar-refractivity contribution in [2.75, 3.05) is 47.1 Å². The monoisotopic (exact) mass is 622 g/mol. The molecule has 0 aliphatic rings. The van der Waals surface area contributed by atoms with Gasteiger partial charge in [0, 0.05) is 36.1 Å². The Hall–Kier alpha value is -3.59. The van der Waals surface area contributed by atoms with E-state index in [0.29, 0.717) is 39.3 Å². The number of hydrogen-bond donors (Lipinski definition) is 2. The van der Waals surface area contributed by atoms with Gasteiger partial charge in [0.25, 0.3) is 11.8 Å². The molecule has 14 heteroatoms. The second-order valence-corrected chi connectivity index (χ2v) is 11.8. The van der Waals surface area contributed by atoms with Crippen LogP contribution in [0.1, 0.15) is 43.4 Å². The fraction of sp³-hybridized carbons (Fsp3) is 0.393. The second-order valence-electron chi connectivity index (χ2n) is 9.20. The van der Waals surface area contributed by atoms with Crippen LogP contribution in [0.2, 0.25) is 0 Å². The van der Waals surface area contributed by atoms with Crippen LogP contribution in [-0.2, 0) is 23.2 Å². The number of aliphatic hydroxyl groups is 1. The topological polar surface area (TPSA) is 138 Å². The highest BCUT2D eigenvalue weighted by molar-refractivity contribution is 7.87. The first-order chi connectivity index (χ1) is 20.1. The van der Waals surface area contributed by atoms with Crippen molar-refractivity contribution in [2.45, 2.75) is 26.3 Å². The van der Waals surface area contributed by atoms with E-state index in [9.17, 15) is 22.4 Å². The van der Waals surface area contributed by atoms with E-state index in [1.54, 1.807) is 17.0 Å². The number of halogens is 1. The predicted octanol–water partition coefficient (Wildman–Crippen LogP) is 2.98.